The van der Waals surface area contributed by atoms with Gasteiger partial charge in [-0.3, -0.25) is 30.0 Å². The fourth-order valence-corrected chi connectivity index (χ4v) is 1.75. The maximum absolute atomic E-state index is 11.8. The number of benzene rings is 1. The summed E-state index contributed by atoms with van der Waals surface area (Å²) in [6.45, 7) is 1.20. The third kappa shape index (κ3) is 3.67. The first-order chi connectivity index (χ1) is 10.9. The summed E-state index contributed by atoms with van der Waals surface area (Å²) in [5.41, 5.74) is -1.17. The van der Waals surface area contributed by atoms with Crippen LogP contribution in [0, 0.1) is 21.4 Å². The van der Waals surface area contributed by atoms with Gasteiger partial charge in [-0.25, -0.2) is 0 Å². The summed E-state index contributed by atoms with van der Waals surface area (Å²) >= 11 is 0. The molecule has 0 aliphatic carbocycles. The quantitative estimate of drug-likeness (QED) is 0.566. The molecule has 0 radical (unpaired) electrons. The average Bonchev–Trinajstić information content (AvgIpc) is 2.45. The van der Waals surface area contributed by atoms with Gasteiger partial charge in [-0.05, 0) is 18.2 Å². The Morgan fingerprint density at radius 1 is 1.48 bits per heavy atom. The van der Waals surface area contributed by atoms with Gasteiger partial charge in [0, 0.05) is 12.6 Å². The molecule has 0 aliphatic heterocycles. The van der Waals surface area contributed by atoms with Gasteiger partial charge in [0.05, 0.1) is 16.6 Å². The van der Waals surface area contributed by atoms with Gasteiger partial charge < -0.3 is 5.32 Å². The standard InChI is InChI=1S/C13H10N6O4/c1-7(20)15-13-17-11(10(19(22)23)12(21)18-13)16-9-4-2-3-8(5-9)6-14/h2-5H,1H3,(H3,15,16,17,18,20,21). The summed E-state index contributed by atoms with van der Waals surface area (Å²) in [5.74, 6) is -1.08. The van der Waals surface area contributed by atoms with Crippen LogP contribution in [0.1, 0.15) is 12.5 Å². The third-order valence-corrected chi connectivity index (χ3v) is 2.63. The lowest BCUT2D eigenvalue weighted by Crippen LogP contribution is -2.20. The molecule has 0 saturated carbocycles. The van der Waals surface area contributed by atoms with Crippen molar-refractivity contribution in [3.63, 3.8) is 0 Å². The number of aromatic amines is 1. The zero-order valence-electron chi connectivity index (χ0n) is 11.8. The Balaban J connectivity index is 2.51. The zero-order chi connectivity index (χ0) is 17.0. The normalized spacial score (nSPS) is 9.74. The number of rotatable bonds is 4. The molecule has 10 heteroatoms. The molecule has 1 heterocycles. The summed E-state index contributed by atoms with van der Waals surface area (Å²) in [4.78, 5) is 38.9. The van der Waals surface area contributed by atoms with Crippen molar-refractivity contribution in [3.05, 3.63) is 50.3 Å². The molecule has 0 saturated heterocycles. The molecule has 0 aliphatic rings. The second kappa shape index (κ2) is 6.35. The van der Waals surface area contributed by atoms with E-state index in [0.717, 1.165) is 0 Å². The maximum atomic E-state index is 11.8. The molecule has 2 aromatic rings. The molecule has 0 atom stereocenters. The molecule has 10 nitrogen and oxygen atoms in total. The van der Waals surface area contributed by atoms with Gasteiger partial charge >= 0.3 is 11.2 Å². The van der Waals surface area contributed by atoms with E-state index in [9.17, 15) is 19.7 Å². The van der Waals surface area contributed by atoms with Crippen LogP contribution in [0.15, 0.2) is 29.1 Å². The second-order valence-electron chi connectivity index (χ2n) is 4.37. The minimum atomic E-state index is -1.02. The first-order valence-corrected chi connectivity index (χ1v) is 6.24. The maximum Gasteiger partial charge on any atom is 0.376 e. The van der Waals surface area contributed by atoms with Gasteiger partial charge in [-0.2, -0.15) is 10.2 Å². The number of H-pyrrole nitrogens is 1. The molecule has 116 valence electrons. The highest BCUT2D eigenvalue weighted by Crippen LogP contribution is 2.23. The summed E-state index contributed by atoms with van der Waals surface area (Å²) in [7, 11) is 0. The highest BCUT2D eigenvalue weighted by molar-refractivity contribution is 5.87. The molecular formula is C13H10N6O4. The predicted molar refractivity (Wildman–Crippen MR) is 80.3 cm³/mol. The number of anilines is 3. The van der Waals surface area contributed by atoms with Crippen LogP contribution in [0.4, 0.5) is 23.1 Å². The van der Waals surface area contributed by atoms with Crippen LogP contribution in [-0.2, 0) is 4.79 Å². The molecule has 3 N–H and O–H groups in total. The van der Waals surface area contributed by atoms with Crippen molar-refractivity contribution in [1.29, 1.82) is 5.26 Å². The second-order valence-corrected chi connectivity index (χ2v) is 4.37. The highest BCUT2D eigenvalue weighted by Gasteiger charge is 2.23. The number of carbonyl (C=O) groups excluding carboxylic acids is 1. The van der Waals surface area contributed by atoms with E-state index >= 15 is 0 Å². The summed E-state index contributed by atoms with van der Waals surface area (Å²) in [6.07, 6.45) is 0. The van der Waals surface area contributed by atoms with E-state index < -0.39 is 22.1 Å². The number of nitriles is 1. The molecule has 23 heavy (non-hydrogen) atoms. The lowest BCUT2D eigenvalue weighted by Gasteiger charge is -2.08. The SMILES string of the molecule is CC(=O)Nc1nc(Nc2cccc(C#N)c2)c([N+](=O)[O-])c(=O)[nH]1. The molecule has 0 spiro atoms. The number of aromatic nitrogens is 2. The lowest BCUT2D eigenvalue weighted by molar-refractivity contribution is -0.385. The number of carbonyl (C=O) groups is 1. The molecule has 0 unspecified atom stereocenters. The summed E-state index contributed by atoms with van der Waals surface area (Å²) in [5, 5.41) is 24.8. The van der Waals surface area contributed by atoms with Crippen molar-refractivity contribution in [2.45, 2.75) is 6.92 Å². The van der Waals surface area contributed by atoms with Crippen LogP contribution < -0.4 is 16.2 Å². The largest absolute Gasteiger partial charge is 0.376 e. The van der Waals surface area contributed by atoms with Gasteiger partial charge in [-0.15, -0.1) is 0 Å². The van der Waals surface area contributed by atoms with E-state index in [2.05, 4.69) is 20.6 Å². The Morgan fingerprint density at radius 2 is 2.22 bits per heavy atom. The van der Waals surface area contributed by atoms with Crippen LogP contribution >= 0.6 is 0 Å². The summed E-state index contributed by atoms with van der Waals surface area (Å²) < 4.78 is 0. The number of nitro groups is 1. The van der Waals surface area contributed by atoms with E-state index in [1.165, 1.54) is 13.0 Å². The molecule has 1 aromatic carbocycles. The van der Waals surface area contributed by atoms with Crippen molar-refractivity contribution in [2.75, 3.05) is 10.6 Å². The van der Waals surface area contributed by atoms with Crippen LogP contribution in [-0.4, -0.2) is 20.8 Å². The molecule has 0 fully saturated rings. The van der Waals surface area contributed by atoms with E-state index in [0.29, 0.717) is 11.3 Å². The van der Waals surface area contributed by atoms with Crippen molar-refractivity contribution in [3.8, 4) is 6.07 Å². The smallest absolute Gasteiger partial charge is 0.334 e. The number of nitrogens with one attached hydrogen (secondary N) is 3. The van der Waals surface area contributed by atoms with Gasteiger partial charge in [0.25, 0.3) is 0 Å². The van der Waals surface area contributed by atoms with Crippen molar-refractivity contribution >= 4 is 29.0 Å². The van der Waals surface area contributed by atoms with E-state index in [4.69, 9.17) is 5.26 Å². The first kappa shape index (κ1) is 15.6. The van der Waals surface area contributed by atoms with Gasteiger partial charge in [-0.1, -0.05) is 6.07 Å². The number of hydrogen-bond acceptors (Lipinski definition) is 7. The Kier molecular flexibility index (Phi) is 4.32. The molecule has 1 amide bonds. The molecule has 1 aromatic heterocycles. The van der Waals surface area contributed by atoms with Crippen LogP contribution in [0.25, 0.3) is 0 Å². The van der Waals surface area contributed by atoms with Crippen LogP contribution in [0.5, 0.6) is 0 Å². The van der Waals surface area contributed by atoms with Gasteiger partial charge in [0.2, 0.25) is 17.7 Å². The number of hydrogen-bond donors (Lipinski definition) is 3. The first-order valence-electron chi connectivity index (χ1n) is 6.24. The molecular weight excluding hydrogens is 304 g/mol. The van der Waals surface area contributed by atoms with Crippen molar-refractivity contribution in [1.82, 2.24) is 9.97 Å². The number of amides is 1. The third-order valence-electron chi connectivity index (χ3n) is 2.63. The fourth-order valence-electron chi connectivity index (χ4n) is 1.75. The van der Waals surface area contributed by atoms with Gasteiger partial charge in [0.15, 0.2) is 0 Å². The van der Waals surface area contributed by atoms with E-state index in [1.807, 2.05) is 6.07 Å². The Morgan fingerprint density at radius 3 is 2.83 bits per heavy atom. The summed E-state index contributed by atoms with van der Waals surface area (Å²) in [6, 6.07) is 8.02. The minimum absolute atomic E-state index is 0.230. The van der Waals surface area contributed by atoms with Crippen molar-refractivity contribution < 1.29 is 9.72 Å². The topological polar surface area (TPSA) is 154 Å². The van der Waals surface area contributed by atoms with E-state index in [1.54, 1.807) is 18.2 Å². The van der Waals surface area contributed by atoms with Crippen LogP contribution in [0.3, 0.4) is 0 Å². The van der Waals surface area contributed by atoms with Crippen molar-refractivity contribution in [2.24, 2.45) is 0 Å². The monoisotopic (exact) mass is 314 g/mol. The number of nitrogens with zero attached hydrogens (tertiary/aromatic N) is 3. The van der Waals surface area contributed by atoms with E-state index in [-0.39, 0.29) is 11.8 Å². The average molecular weight is 314 g/mol. The van der Waals surface area contributed by atoms with Crippen LogP contribution in [0.2, 0.25) is 0 Å². The van der Waals surface area contributed by atoms with Gasteiger partial charge in [0.1, 0.15) is 0 Å². The Labute approximate surface area is 128 Å². The minimum Gasteiger partial charge on any atom is -0.334 e. The highest BCUT2D eigenvalue weighted by atomic mass is 16.6. The zero-order valence-corrected chi connectivity index (χ0v) is 11.8. The Bertz CT molecular complexity index is 883. The predicted octanol–water partition coefficient (Wildman–Crippen LogP) is 1.25. The molecule has 2 rings (SSSR count). The Hall–Kier alpha value is -3.74. The molecule has 0 bridgehead atoms. The lowest BCUT2D eigenvalue weighted by atomic mass is 10.2. The fraction of sp³-hybridized carbons (Fsp3) is 0.0769.